The van der Waals surface area contributed by atoms with E-state index in [-0.39, 0.29) is 17.7 Å². The van der Waals surface area contributed by atoms with Crippen molar-refractivity contribution < 1.29 is 19.1 Å². The molecule has 2 N–H and O–H groups in total. The molecule has 7 nitrogen and oxygen atoms in total. The molecule has 0 saturated heterocycles. The monoisotopic (exact) mass is 503 g/mol. The zero-order valence-electron chi connectivity index (χ0n) is 21.5. The Balaban J connectivity index is 1.56. The number of oxazole rings is 1. The minimum absolute atomic E-state index is 0.118. The molecule has 2 aromatic carbocycles. The fraction of sp³-hybridized carbons (Fsp3) is 0.433. The zero-order chi connectivity index (χ0) is 26.0. The average Bonchev–Trinajstić information content (AvgIpc) is 3.43. The summed E-state index contributed by atoms with van der Waals surface area (Å²) < 4.78 is 5.94. The number of nitrogens with one attached hydrogen (secondary N) is 1. The molecule has 2 atom stereocenters. The van der Waals surface area contributed by atoms with Gasteiger partial charge in [-0.05, 0) is 30.7 Å². The number of carbonyl (C=O) groups is 2. The predicted molar refractivity (Wildman–Crippen MR) is 142 cm³/mol. The van der Waals surface area contributed by atoms with Gasteiger partial charge >= 0.3 is 0 Å². The van der Waals surface area contributed by atoms with Gasteiger partial charge in [-0.25, -0.2) is 9.99 Å². The summed E-state index contributed by atoms with van der Waals surface area (Å²) in [4.78, 5) is 30.0. The fourth-order valence-electron chi connectivity index (χ4n) is 5.14. The zero-order valence-corrected chi connectivity index (χ0v) is 21.5. The third-order valence-corrected chi connectivity index (χ3v) is 7.14. The maximum atomic E-state index is 13.5. The number of aryl methyl sites for hydroxylation is 1. The number of hydrogen-bond acceptors (Lipinski definition) is 5. The highest BCUT2D eigenvalue weighted by atomic mass is 16.4. The van der Waals surface area contributed by atoms with E-state index in [4.69, 9.17) is 4.42 Å². The molecule has 2 amide bonds. The molecule has 0 radical (unpaired) electrons. The summed E-state index contributed by atoms with van der Waals surface area (Å²) >= 11 is 0. The highest BCUT2D eigenvalue weighted by Crippen LogP contribution is 2.30. The number of hydrazine groups is 1. The molecule has 1 heterocycles. The molecular formula is C30H37N3O4. The number of rotatable bonds is 10. The lowest BCUT2D eigenvalue weighted by atomic mass is 9.86. The molecule has 4 rings (SSSR count). The van der Waals surface area contributed by atoms with Crippen molar-refractivity contribution in [1.29, 1.82) is 0 Å². The van der Waals surface area contributed by atoms with Crippen molar-refractivity contribution in [3.63, 3.8) is 0 Å². The van der Waals surface area contributed by atoms with Crippen LogP contribution in [-0.2, 0) is 16.0 Å². The van der Waals surface area contributed by atoms with Crippen LogP contribution in [-0.4, -0.2) is 33.0 Å². The molecule has 37 heavy (non-hydrogen) atoms. The van der Waals surface area contributed by atoms with Crippen LogP contribution in [0.5, 0.6) is 0 Å². The number of amides is 2. The van der Waals surface area contributed by atoms with Gasteiger partial charge in [0.05, 0.1) is 12.2 Å². The summed E-state index contributed by atoms with van der Waals surface area (Å²) in [6.07, 6.45) is 8.47. The number of aromatic nitrogens is 1. The molecule has 0 spiro atoms. The van der Waals surface area contributed by atoms with Crippen LogP contribution in [0.25, 0.3) is 11.3 Å². The summed E-state index contributed by atoms with van der Waals surface area (Å²) in [5.41, 5.74) is 4.63. The molecule has 1 unspecified atom stereocenters. The molecule has 1 aliphatic rings. The van der Waals surface area contributed by atoms with Gasteiger partial charge in [0.15, 0.2) is 11.9 Å². The van der Waals surface area contributed by atoms with E-state index in [2.05, 4.69) is 10.4 Å². The first kappa shape index (κ1) is 26.6. The Labute approximate surface area is 218 Å². The van der Waals surface area contributed by atoms with E-state index in [1.807, 2.05) is 60.7 Å². The number of aliphatic hydroxyl groups excluding tert-OH is 1. The van der Waals surface area contributed by atoms with Crippen LogP contribution in [0.4, 0.5) is 0 Å². The molecule has 1 fully saturated rings. The van der Waals surface area contributed by atoms with E-state index >= 15 is 0 Å². The quantitative estimate of drug-likeness (QED) is 0.350. The number of benzene rings is 2. The number of aliphatic hydroxyl groups is 1. The molecule has 3 aromatic rings. The lowest BCUT2D eigenvalue weighted by Crippen LogP contribution is -2.53. The lowest BCUT2D eigenvalue weighted by molar-refractivity contribution is -0.148. The molecule has 196 valence electrons. The van der Waals surface area contributed by atoms with Crippen molar-refractivity contribution in [1.82, 2.24) is 15.4 Å². The molecule has 1 aromatic heterocycles. The van der Waals surface area contributed by atoms with E-state index in [1.165, 1.54) is 31.2 Å². The summed E-state index contributed by atoms with van der Waals surface area (Å²) in [6.45, 7) is 1.38. The summed E-state index contributed by atoms with van der Waals surface area (Å²) in [5.74, 6) is 0.622. The van der Waals surface area contributed by atoms with Crippen LogP contribution in [0, 0.1) is 5.92 Å². The lowest BCUT2D eigenvalue weighted by Gasteiger charge is -2.34. The van der Waals surface area contributed by atoms with Gasteiger partial charge in [0.1, 0.15) is 0 Å². The molecule has 1 aliphatic carbocycles. The van der Waals surface area contributed by atoms with E-state index in [0.29, 0.717) is 30.9 Å². The second-order valence-electron chi connectivity index (χ2n) is 9.94. The Hall–Kier alpha value is -3.45. The topological polar surface area (TPSA) is 95.7 Å². The van der Waals surface area contributed by atoms with Gasteiger partial charge in [-0.2, -0.15) is 0 Å². The van der Waals surface area contributed by atoms with Crippen LogP contribution < -0.4 is 5.43 Å². The van der Waals surface area contributed by atoms with Crippen molar-refractivity contribution in [2.45, 2.75) is 76.9 Å². The number of hydrogen-bond donors (Lipinski definition) is 2. The second kappa shape index (κ2) is 13.2. The Kier molecular flexibility index (Phi) is 9.49. The molecule has 0 bridgehead atoms. The van der Waals surface area contributed by atoms with Crippen LogP contribution in [0.15, 0.2) is 71.3 Å². The first-order valence-corrected chi connectivity index (χ1v) is 13.3. The van der Waals surface area contributed by atoms with Gasteiger partial charge in [0, 0.05) is 18.9 Å². The summed E-state index contributed by atoms with van der Waals surface area (Å²) in [6, 6.07) is 18.7. The normalized spacial score (nSPS) is 15.6. The minimum atomic E-state index is -1.22. The van der Waals surface area contributed by atoms with Crippen LogP contribution in [0.2, 0.25) is 0 Å². The smallest absolute Gasteiger partial charge is 0.241 e. The maximum Gasteiger partial charge on any atom is 0.241 e. The maximum absolute atomic E-state index is 13.5. The Morgan fingerprint density at radius 3 is 2.41 bits per heavy atom. The first-order valence-electron chi connectivity index (χ1n) is 13.3. The molecule has 0 aliphatic heterocycles. The Bertz CT molecular complexity index is 1130. The third kappa shape index (κ3) is 7.52. The first-order chi connectivity index (χ1) is 18.0. The van der Waals surface area contributed by atoms with Gasteiger partial charge in [0.2, 0.25) is 17.7 Å². The fourth-order valence-corrected chi connectivity index (χ4v) is 5.14. The number of carbonyl (C=O) groups excluding carboxylic acids is 2. The van der Waals surface area contributed by atoms with Crippen LogP contribution >= 0.6 is 0 Å². The number of nitrogens with zero attached hydrogens (tertiary/aromatic N) is 2. The largest absolute Gasteiger partial charge is 0.438 e. The summed E-state index contributed by atoms with van der Waals surface area (Å²) in [5, 5.41) is 12.8. The molecule has 7 heteroatoms. The highest BCUT2D eigenvalue weighted by Gasteiger charge is 2.34. The van der Waals surface area contributed by atoms with Crippen molar-refractivity contribution in [3.8, 4) is 11.3 Å². The van der Waals surface area contributed by atoms with E-state index in [1.54, 1.807) is 6.20 Å². The van der Waals surface area contributed by atoms with E-state index in [9.17, 15) is 14.7 Å². The van der Waals surface area contributed by atoms with Gasteiger partial charge in [-0.3, -0.25) is 15.0 Å². The third-order valence-electron chi connectivity index (χ3n) is 7.14. The van der Waals surface area contributed by atoms with E-state index < -0.39 is 12.1 Å². The minimum Gasteiger partial charge on any atom is -0.438 e. The van der Waals surface area contributed by atoms with Gasteiger partial charge in [-0.1, -0.05) is 92.8 Å². The highest BCUT2D eigenvalue weighted by molar-refractivity contribution is 5.81. The average molecular weight is 504 g/mol. The van der Waals surface area contributed by atoms with Crippen molar-refractivity contribution in [2.24, 2.45) is 5.92 Å². The Morgan fingerprint density at radius 2 is 1.73 bits per heavy atom. The second-order valence-corrected chi connectivity index (χ2v) is 9.94. The van der Waals surface area contributed by atoms with Gasteiger partial charge < -0.3 is 9.52 Å². The Morgan fingerprint density at radius 1 is 1.05 bits per heavy atom. The van der Waals surface area contributed by atoms with Crippen LogP contribution in [0.3, 0.4) is 0 Å². The standard InChI is InChI=1S/C30H37N3O4/c1-22(34)32-33(28(35)20-18-24-13-7-3-8-14-24)26(19-17-23-11-5-2-6-12-23)29(36)30-31-21-27(37-30)25-15-9-4-10-16-25/h2,4-6,9-12,15-16,21,24,26,29,36H,3,7-8,13-14,17-20H2,1H3,(H,32,34)/t26-,29?/m0/s1. The van der Waals surface area contributed by atoms with Crippen molar-refractivity contribution >= 4 is 11.8 Å². The van der Waals surface area contributed by atoms with Gasteiger partial charge in [0.25, 0.3) is 0 Å². The van der Waals surface area contributed by atoms with Crippen molar-refractivity contribution in [3.05, 3.63) is 78.3 Å². The van der Waals surface area contributed by atoms with Crippen molar-refractivity contribution in [2.75, 3.05) is 0 Å². The molecule has 1 saturated carbocycles. The predicted octanol–water partition coefficient (Wildman–Crippen LogP) is 5.62. The van der Waals surface area contributed by atoms with Gasteiger partial charge in [-0.15, -0.1) is 0 Å². The van der Waals surface area contributed by atoms with E-state index in [0.717, 1.165) is 30.4 Å². The SMILES string of the molecule is CC(=O)NN(C(=O)CCC1CCCCC1)[C@@H](CCc1ccccc1)C(O)c1ncc(-c2ccccc2)o1. The van der Waals surface area contributed by atoms with Crippen LogP contribution in [0.1, 0.15) is 75.8 Å². The molecular weight excluding hydrogens is 466 g/mol. The summed E-state index contributed by atoms with van der Waals surface area (Å²) in [7, 11) is 0.